The second-order valence-electron chi connectivity index (χ2n) is 6.84. The fourth-order valence-electron chi connectivity index (χ4n) is 3.95. The third-order valence-electron chi connectivity index (χ3n) is 5.10. The minimum absolute atomic E-state index is 0. The first-order valence-corrected chi connectivity index (χ1v) is 8.78. The Hall–Kier alpha value is -1.65. The van der Waals surface area contributed by atoms with Crippen molar-refractivity contribution in [3.63, 3.8) is 0 Å². The summed E-state index contributed by atoms with van der Waals surface area (Å²) in [4.78, 5) is 18.1. The molecule has 0 amide bonds. The van der Waals surface area contributed by atoms with Gasteiger partial charge >= 0.3 is 18.9 Å². The topological polar surface area (TPSA) is 94.3 Å². The zero-order chi connectivity index (χ0) is 17.4. The largest absolute Gasteiger partial charge is 1.00 e. The molecule has 3 heterocycles. The van der Waals surface area contributed by atoms with Gasteiger partial charge in [0.25, 0.3) is 0 Å². The molecule has 8 heteroatoms. The zero-order valence-corrected chi connectivity index (χ0v) is 15.0. The Kier molecular flexibility index (Phi) is 5.83. The normalized spacial score (nSPS) is 17.3. The summed E-state index contributed by atoms with van der Waals surface area (Å²) >= 11 is 0. The van der Waals surface area contributed by atoms with Crippen LogP contribution in [0.15, 0.2) is 18.5 Å². The summed E-state index contributed by atoms with van der Waals surface area (Å²) < 4.78 is 1.41. The van der Waals surface area contributed by atoms with Crippen molar-refractivity contribution < 1.29 is 33.9 Å². The van der Waals surface area contributed by atoms with Crippen LogP contribution in [-0.4, -0.2) is 56.5 Å². The number of hydrogen-bond donors (Lipinski definition) is 1. The Morgan fingerprint density at radius 2 is 2.04 bits per heavy atom. The molecule has 0 aromatic carbocycles. The van der Waals surface area contributed by atoms with E-state index in [1.54, 1.807) is 12.4 Å². The number of likely N-dealkylation sites (tertiary alicyclic amines) is 1. The van der Waals surface area contributed by atoms with E-state index < -0.39 is 12.1 Å². The number of β-amino-alcohol motifs (C(OH)–C–C–N with tert-alkyl or cyclic N) is 1. The van der Waals surface area contributed by atoms with Crippen molar-refractivity contribution in [2.75, 3.05) is 19.6 Å². The third-order valence-corrected chi connectivity index (χ3v) is 5.10. The molecule has 0 spiro atoms. The maximum Gasteiger partial charge on any atom is 1.00 e. The Bertz CT molecular complexity index is 802. The Morgan fingerprint density at radius 3 is 2.77 bits per heavy atom. The molecular weight excluding hydrogens is 327 g/mol. The fraction of sp³-hybridized carbons (Fsp3) is 0.500. The van der Waals surface area contributed by atoms with Crippen LogP contribution in [0.1, 0.15) is 34.5 Å². The van der Waals surface area contributed by atoms with E-state index in [1.807, 2.05) is 6.07 Å². The molecule has 1 N–H and O–H groups in total. The number of pyridine rings is 1. The van der Waals surface area contributed by atoms with Crippen molar-refractivity contribution in [2.24, 2.45) is 0 Å². The van der Waals surface area contributed by atoms with Crippen LogP contribution in [0.25, 0.3) is 11.3 Å². The smallest absolute Gasteiger partial charge is 0.543 e. The van der Waals surface area contributed by atoms with Gasteiger partial charge in [0.2, 0.25) is 0 Å². The molecule has 0 bridgehead atoms. The maximum absolute atomic E-state index is 11.7. The number of hydrogen-bond acceptors (Lipinski definition) is 6. The van der Waals surface area contributed by atoms with Gasteiger partial charge in [-0.2, -0.15) is 5.10 Å². The zero-order valence-electron chi connectivity index (χ0n) is 15.0. The van der Waals surface area contributed by atoms with Gasteiger partial charge in [0.15, 0.2) is 0 Å². The van der Waals surface area contributed by atoms with Crippen molar-refractivity contribution >= 4 is 5.97 Å². The van der Waals surface area contributed by atoms with E-state index >= 15 is 0 Å². The number of aromatic nitrogens is 3. The molecule has 0 saturated carbocycles. The summed E-state index contributed by atoms with van der Waals surface area (Å²) in [6.45, 7) is 2.67. The van der Waals surface area contributed by atoms with Gasteiger partial charge in [-0.3, -0.25) is 9.67 Å². The van der Waals surface area contributed by atoms with E-state index in [9.17, 15) is 15.0 Å². The number of aliphatic hydroxyl groups is 1. The van der Waals surface area contributed by atoms with Crippen LogP contribution in [0.3, 0.4) is 0 Å². The van der Waals surface area contributed by atoms with Gasteiger partial charge in [-0.25, -0.2) is 0 Å². The molecule has 1 atom stereocenters. The van der Waals surface area contributed by atoms with E-state index in [0.717, 1.165) is 43.5 Å². The van der Waals surface area contributed by atoms with Crippen LogP contribution in [0.5, 0.6) is 0 Å². The molecule has 7 nitrogen and oxygen atoms in total. The van der Waals surface area contributed by atoms with Crippen LogP contribution in [0.2, 0.25) is 0 Å². The molecule has 2 aromatic heterocycles. The van der Waals surface area contributed by atoms with E-state index in [1.165, 1.54) is 4.68 Å². The van der Waals surface area contributed by atoms with Gasteiger partial charge in [-0.15, -0.1) is 0 Å². The molecule has 4 rings (SSSR count). The van der Waals surface area contributed by atoms with Crippen molar-refractivity contribution in [1.82, 2.24) is 19.7 Å². The minimum Gasteiger partial charge on any atom is -0.543 e. The molecule has 2 aromatic rings. The number of fused-ring (bicyclic) bond motifs is 3. The number of aryl methyl sites for hydroxylation is 1. The first-order chi connectivity index (χ1) is 12.1. The molecule has 132 valence electrons. The second kappa shape index (κ2) is 7.93. The van der Waals surface area contributed by atoms with Crippen LogP contribution in [0, 0.1) is 0 Å². The molecule has 0 radical (unpaired) electrons. The number of rotatable bonds is 5. The first-order valence-electron chi connectivity index (χ1n) is 8.78. The van der Waals surface area contributed by atoms with Gasteiger partial charge in [0.05, 0.1) is 30.0 Å². The van der Waals surface area contributed by atoms with Crippen molar-refractivity contribution in [3.05, 3.63) is 35.3 Å². The Labute approximate surface area is 164 Å². The summed E-state index contributed by atoms with van der Waals surface area (Å²) in [7, 11) is 0. The van der Waals surface area contributed by atoms with E-state index in [-0.39, 0.29) is 31.1 Å². The summed E-state index contributed by atoms with van der Waals surface area (Å²) in [5, 5.41) is 26.6. The van der Waals surface area contributed by atoms with Crippen LogP contribution in [0.4, 0.5) is 0 Å². The average molecular weight is 348 g/mol. The number of aliphatic hydroxyl groups excluding tert-OH is 1. The fourth-order valence-corrected chi connectivity index (χ4v) is 3.95. The number of carboxylic acid groups (broad SMARTS) is 1. The summed E-state index contributed by atoms with van der Waals surface area (Å²) in [6, 6.07) is 1.87. The average Bonchev–Trinajstić information content (AvgIpc) is 3.21. The van der Waals surface area contributed by atoms with Crippen molar-refractivity contribution in [3.8, 4) is 11.3 Å². The SMILES string of the molecule is O=C([O-])c1c2c(nn1CC(O)CN1CCCC1)-c1ccncc1CC2.[Li+]. The molecule has 2 aliphatic rings. The third kappa shape index (κ3) is 3.58. The second-order valence-corrected chi connectivity index (χ2v) is 6.84. The number of carbonyl (C=O) groups is 1. The molecule has 1 unspecified atom stereocenters. The van der Waals surface area contributed by atoms with Crippen LogP contribution < -0.4 is 24.0 Å². The van der Waals surface area contributed by atoms with Gasteiger partial charge < -0.3 is 19.9 Å². The summed E-state index contributed by atoms with van der Waals surface area (Å²) in [5.41, 5.74) is 3.47. The molecular formula is C18H21LiN4O3. The monoisotopic (exact) mass is 348 g/mol. The van der Waals surface area contributed by atoms with Crippen molar-refractivity contribution in [2.45, 2.75) is 38.3 Å². The molecule has 1 saturated heterocycles. The number of nitrogens with zero attached hydrogens (tertiary/aromatic N) is 4. The molecule has 1 aliphatic heterocycles. The first kappa shape index (κ1) is 19.1. The summed E-state index contributed by atoms with van der Waals surface area (Å²) in [5.74, 6) is -1.24. The molecule has 1 fully saturated rings. The van der Waals surface area contributed by atoms with Crippen molar-refractivity contribution in [1.29, 1.82) is 0 Å². The Balaban J connectivity index is 0.00000196. The number of carbonyl (C=O) groups excluding carboxylic acids is 1. The van der Waals surface area contributed by atoms with Gasteiger partial charge in [0.1, 0.15) is 0 Å². The van der Waals surface area contributed by atoms with E-state index in [4.69, 9.17) is 0 Å². The predicted molar refractivity (Wildman–Crippen MR) is 88.9 cm³/mol. The van der Waals surface area contributed by atoms with E-state index in [2.05, 4.69) is 15.0 Å². The molecule has 1 aliphatic carbocycles. The van der Waals surface area contributed by atoms with Gasteiger partial charge in [-0.05, 0) is 50.4 Å². The van der Waals surface area contributed by atoms with Gasteiger partial charge in [0, 0.05) is 30.1 Å². The summed E-state index contributed by atoms with van der Waals surface area (Å²) in [6.07, 6.45) is 6.47. The van der Waals surface area contributed by atoms with Crippen LogP contribution >= 0.6 is 0 Å². The minimum atomic E-state index is -1.24. The number of aromatic carboxylic acids is 1. The van der Waals surface area contributed by atoms with Gasteiger partial charge in [-0.1, -0.05) is 0 Å². The predicted octanol–water partition coefficient (Wildman–Crippen LogP) is -3.13. The maximum atomic E-state index is 11.7. The Morgan fingerprint density at radius 1 is 1.27 bits per heavy atom. The standard InChI is InChI=1S/C18H22N4O3.Li/c23-13(10-21-7-1-2-8-21)11-22-17(18(24)25)15-4-3-12-9-19-6-5-14(12)16(15)20-22;/h5-6,9,13,23H,1-4,7-8,10-11H2,(H,24,25);/q;+1/p-1. The quantitative estimate of drug-likeness (QED) is 0.574. The van der Waals surface area contributed by atoms with E-state index in [0.29, 0.717) is 24.2 Å². The molecule has 26 heavy (non-hydrogen) atoms. The van der Waals surface area contributed by atoms with Crippen LogP contribution in [-0.2, 0) is 19.4 Å². The number of carboxylic acids is 1.